The first-order valence-corrected chi connectivity index (χ1v) is 20.4. The van der Waals surface area contributed by atoms with Crippen molar-refractivity contribution in [2.24, 2.45) is 50.6 Å². The van der Waals surface area contributed by atoms with Crippen LogP contribution in [-0.4, -0.2) is 72.7 Å². The highest BCUT2D eigenvalue weighted by Crippen LogP contribution is 2.88. The molecule has 0 bridgehead atoms. The molecule has 6 aliphatic rings. The predicted molar refractivity (Wildman–Crippen MR) is 188 cm³/mol. The van der Waals surface area contributed by atoms with Crippen molar-refractivity contribution in [2.75, 3.05) is 19.6 Å². The van der Waals surface area contributed by atoms with E-state index in [1.165, 1.54) is 4.31 Å². The lowest BCUT2D eigenvalue weighted by atomic mass is 9.73. The van der Waals surface area contributed by atoms with Gasteiger partial charge in [-0.3, -0.25) is 19.2 Å². The lowest BCUT2D eigenvalue weighted by Gasteiger charge is -2.36. The number of carbonyl (C=O) groups is 4. The smallest absolute Gasteiger partial charge is 0.303 e. The van der Waals surface area contributed by atoms with Crippen molar-refractivity contribution in [2.45, 2.75) is 137 Å². The molecule has 11 heteroatoms. The summed E-state index contributed by atoms with van der Waals surface area (Å²) in [7, 11) is -4.02. The molecular formula is C38H60N4O6S. The summed E-state index contributed by atoms with van der Waals surface area (Å²) in [5.74, 6) is -1.99. The number of likely N-dealkylation sites (tertiary alicyclic amines) is 1. The van der Waals surface area contributed by atoms with Crippen LogP contribution in [0.25, 0.3) is 0 Å². The average molecular weight is 701 g/mol. The van der Waals surface area contributed by atoms with Crippen molar-refractivity contribution in [3.63, 3.8) is 0 Å². The van der Waals surface area contributed by atoms with E-state index in [1.54, 1.807) is 11.0 Å². The van der Waals surface area contributed by atoms with Gasteiger partial charge in [0, 0.05) is 43.8 Å². The number of nitrogens with zero attached hydrogens (tertiary/aromatic N) is 2. The maximum atomic E-state index is 14.9. The number of Topliss-reactive ketones (excluding diaryl/α,β-unsaturated/α-hetero) is 2. The molecule has 6 atom stereocenters. The zero-order valence-electron chi connectivity index (χ0n) is 30.5. The third kappa shape index (κ3) is 5.85. The van der Waals surface area contributed by atoms with Crippen LogP contribution < -0.4 is 10.5 Å². The number of hydrogen-bond donors (Lipinski definition) is 2. The van der Waals surface area contributed by atoms with Crippen molar-refractivity contribution in [3.8, 4) is 0 Å². The van der Waals surface area contributed by atoms with E-state index in [9.17, 15) is 27.6 Å². The third-order valence-corrected chi connectivity index (χ3v) is 16.2. The fourth-order valence-electron chi connectivity index (χ4n) is 11.0. The highest BCUT2D eigenvalue weighted by Gasteiger charge is 2.85. The van der Waals surface area contributed by atoms with Gasteiger partial charge in [0.1, 0.15) is 0 Å². The number of nitrogens with one attached hydrogen (secondary N) is 1. The minimum absolute atomic E-state index is 0.0399. The second kappa shape index (κ2) is 12.5. The zero-order valence-corrected chi connectivity index (χ0v) is 31.3. The minimum atomic E-state index is -4.02. The van der Waals surface area contributed by atoms with Crippen LogP contribution in [0.5, 0.6) is 0 Å². The largest absolute Gasteiger partial charge is 0.332 e. The Hall–Kier alpha value is -2.11. The summed E-state index contributed by atoms with van der Waals surface area (Å²) in [5, 5.41) is 0. The van der Waals surface area contributed by atoms with Gasteiger partial charge in [0.05, 0.1) is 17.5 Å². The Morgan fingerprint density at radius 2 is 1.59 bits per heavy atom. The van der Waals surface area contributed by atoms with Crippen LogP contribution in [0.15, 0.2) is 12.7 Å². The van der Waals surface area contributed by atoms with Gasteiger partial charge < -0.3 is 10.6 Å². The summed E-state index contributed by atoms with van der Waals surface area (Å²) in [6, 6.07) is -1.34. The Morgan fingerprint density at radius 1 is 0.959 bits per heavy atom. The second-order valence-corrected chi connectivity index (χ2v) is 19.9. The molecule has 49 heavy (non-hydrogen) atoms. The van der Waals surface area contributed by atoms with E-state index in [0.29, 0.717) is 32.5 Å². The summed E-state index contributed by atoms with van der Waals surface area (Å²) in [5.41, 5.74) is 4.60. The SMILES string of the molecule is C=C[C@@H]1C[C@]1(CC(=O)C1C[C@@]2(CN1C(=O)[C@@H](CC(=O)[C@@H](N)C1CCCCC1)C(C)(C)C)C(C)(C)C21CCC1)C(=O)NS(=O)(=O)N1CCCC1. The molecule has 0 aromatic heterocycles. The maximum Gasteiger partial charge on any atom is 0.303 e. The summed E-state index contributed by atoms with van der Waals surface area (Å²) in [6.07, 6.45) is 12.3. The predicted octanol–water partition coefficient (Wildman–Crippen LogP) is 4.92. The van der Waals surface area contributed by atoms with Gasteiger partial charge in [0.25, 0.3) is 0 Å². The molecule has 1 unspecified atom stereocenters. The number of nitrogens with two attached hydrogens (primary N) is 1. The second-order valence-electron chi connectivity index (χ2n) is 18.2. The number of rotatable bonds is 12. The van der Waals surface area contributed by atoms with Crippen molar-refractivity contribution in [1.82, 2.24) is 13.9 Å². The van der Waals surface area contributed by atoms with E-state index >= 15 is 0 Å². The fourth-order valence-corrected chi connectivity index (χ4v) is 12.3. The highest BCUT2D eigenvalue weighted by atomic mass is 32.2. The van der Waals surface area contributed by atoms with Crippen LogP contribution in [0.1, 0.15) is 125 Å². The Morgan fingerprint density at radius 3 is 2.10 bits per heavy atom. The van der Waals surface area contributed by atoms with E-state index in [-0.39, 0.29) is 58.4 Å². The average Bonchev–Trinajstić information content (AvgIpc) is 3.49. The van der Waals surface area contributed by atoms with Crippen molar-refractivity contribution in [3.05, 3.63) is 12.7 Å². The first-order chi connectivity index (χ1) is 22.9. The summed E-state index contributed by atoms with van der Waals surface area (Å²) < 4.78 is 29.7. The molecule has 274 valence electrons. The van der Waals surface area contributed by atoms with Gasteiger partial charge >= 0.3 is 10.2 Å². The zero-order chi connectivity index (χ0) is 35.8. The number of fused-ring (bicyclic) bond motifs is 1. The third-order valence-electron chi connectivity index (χ3n) is 14.7. The number of allylic oxidation sites excluding steroid dienone is 1. The molecule has 2 amide bonds. The van der Waals surface area contributed by atoms with Gasteiger partial charge in [-0.1, -0.05) is 66.4 Å². The molecule has 3 N–H and O–H groups in total. The van der Waals surface area contributed by atoms with Crippen LogP contribution >= 0.6 is 0 Å². The molecule has 0 aromatic carbocycles. The van der Waals surface area contributed by atoms with Crippen LogP contribution in [-0.2, 0) is 29.4 Å². The molecule has 2 saturated heterocycles. The van der Waals surface area contributed by atoms with E-state index in [4.69, 9.17) is 5.73 Å². The van der Waals surface area contributed by atoms with Crippen LogP contribution in [0, 0.1) is 44.8 Å². The summed E-state index contributed by atoms with van der Waals surface area (Å²) in [6.45, 7) is 15.5. The number of carbonyl (C=O) groups excluding carboxylic acids is 4. The van der Waals surface area contributed by atoms with E-state index in [1.807, 2.05) is 20.8 Å². The fraction of sp³-hybridized carbons (Fsp3) is 0.842. The molecule has 2 spiro atoms. The number of ketones is 2. The molecule has 0 radical (unpaired) electrons. The highest BCUT2D eigenvalue weighted by molar-refractivity contribution is 7.87. The lowest BCUT2D eigenvalue weighted by Crippen LogP contribution is -2.50. The lowest BCUT2D eigenvalue weighted by molar-refractivity contribution is -0.146. The number of amides is 2. The Balaban J connectivity index is 1.26. The monoisotopic (exact) mass is 700 g/mol. The van der Waals surface area contributed by atoms with Gasteiger partial charge in [0.2, 0.25) is 11.8 Å². The van der Waals surface area contributed by atoms with Gasteiger partial charge in [-0.15, -0.1) is 6.58 Å². The topological polar surface area (TPSA) is 147 Å². The van der Waals surface area contributed by atoms with Gasteiger partial charge in [-0.25, -0.2) is 4.72 Å². The van der Waals surface area contributed by atoms with Crippen LogP contribution in [0.3, 0.4) is 0 Å². The van der Waals surface area contributed by atoms with E-state index in [2.05, 4.69) is 25.1 Å². The molecule has 2 heterocycles. The molecule has 2 aliphatic heterocycles. The molecule has 4 aliphatic carbocycles. The molecule has 6 rings (SSSR count). The molecule has 0 aromatic rings. The molecular weight excluding hydrogens is 641 g/mol. The molecule has 6 fully saturated rings. The first kappa shape index (κ1) is 36.7. The number of hydrogen-bond acceptors (Lipinski definition) is 7. The molecule has 4 saturated carbocycles. The van der Waals surface area contributed by atoms with Crippen LogP contribution in [0.2, 0.25) is 0 Å². The normalized spacial score (nSPS) is 33.6. The van der Waals surface area contributed by atoms with Crippen LogP contribution in [0.4, 0.5) is 0 Å². The summed E-state index contributed by atoms with van der Waals surface area (Å²) in [4.78, 5) is 58.7. The van der Waals surface area contributed by atoms with E-state index < -0.39 is 44.9 Å². The Kier molecular flexibility index (Phi) is 9.38. The molecule has 10 nitrogen and oxygen atoms in total. The van der Waals surface area contributed by atoms with Gasteiger partial charge in [-0.05, 0) is 79.4 Å². The van der Waals surface area contributed by atoms with Gasteiger partial charge in [0.15, 0.2) is 11.6 Å². The van der Waals surface area contributed by atoms with Gasteiger partial charge in [-0.2, -0.15) is 12.7 Å². The van der Waals surface area contributed by atoms with Crippen molar-refractivity contribution in [1.29, 1.82) is 0 Å². The quantitative estimate of drug-likeness (QED) is 0.275. The Labute approximate surface area is 293 Å². The summed E-state index contributed by atoms with van der Waals surface area (Å²) >= 11 is 0. The first-order valence-electron chi connectivity index (χ1n) is 18.9. The minimum Gasteiger partial charge on any atom is -0.332 e. The van der Waals surface area contributed by atoms with Crippen molar-refractivity contribution < 1.29 is 27.6 Å². The standard InChI is InChI=1S/C38H60N4O6S/c1-7-26-21-36(26,33(46)40-49(47,48)41-18-11-12-19-41)23-30(44)28-22-38(35(5,6)37(38)16-13-17-37)24-42(28)32(45)27(34(2,3)4)20-29(43)31(39)25-14-9-8-10-15-25/h7,25-28,31H,1,8-24,39H2,2-6H3,(H,40,46)/t26-,27-,28?,31+,36-,38-/m1/s1. The maximum absolute atomic E-state index is 14.9. The van der Waals surface area contributed by atoms with Crippen molar-refractivity contribution >= 4 is 33.6 Å². The Bertz CT molecular complexity index is 1490. The van der Waals surface area contributed by atoms with E-state index in [0.717, 1.165) is 64.2 Å².